The molecule has 0 unspecified atom stereocenters. The van der Waals surface area contributed by atoms with E-state index in [4.69, 9.17) is 10.5 Å². The lowest BCUT2D eigenvalue weighted by Crippen LogP contribution is -2.39. The van der Waals surface area contributed by atoms with Crippen molar-refractivity contribution in [2.45, 2.75) is 40.2 Å². The first-order valence-electron chi connectivity index (χ1n) is 8.13. The number of hydrogen-bond acceptors (Lipinski definition) is 3. The van der Waals surface area contributed by atoms with Crippen molar-refractivity contribution in [3.63, 3.8) is 0 Å². The van der Waals surface area contributed by atoms with Gasteiger partial charge in [0, 0.05) is 13.1 Å². The van der Waals surface area contributed by atoms with E-state index in [1.54, 1.807) is 0 Å². The molecular weight excluding hydrogens is 260 g/mol. The van der Waals surface area contributed by atoms with Gasteiger partial charge < -0.3 is 10.5 Å². The smallest absolute Gasteiger partial charge is 0.119 e. The zero-order chi connectivity index (χ0) is 15.3. The molecule has 0 atom stereocenters. The normalized spacial score (nSPS) is 17.9. The van der Waals surface area contributed by atoms with Gasteiger partial charge in [-0.3, -0.25) is 4.90 Å². The molecule has 1 aliphatic rings. The molecule has 0 bridgehead atoms. The van der Waals surface area contributed by atoms with Crippen LogP contribution >= 0.6 is 0 Å². The van der Waals surface area contributed by atoms with Crippen molar-refractivity contribution in [1.82, 2.24) is 4.90 Å². The molecule has 1 saturated heterocycles. The summed E-state index contributed by atoms with van der Waals surface area (Å²) in [5, 5.41) is 0. The Morgan fingerprint density at radius 3 is 2.57 bits per heavy atom. The van der Waals surface area contributed by atoms with Gasteiger partial charge in [0.1, 0.15) is 12.4 Å². The maximum absolute atomic E-state index is 5.85. The van der Waals surface area contributed by atoms with Crippen molar-refractivity contribution < 1.29 is 4.74 Å². The van der Waals surface area contributed by atoms with Crippen molar-refractivity contribution >= 4 is 0 Å². The van der Waals surface area contributed by atoms with Crippen LogP contribution in [0.2, 0.25) is 0 Å². The van der Waals surface area contributed by atoms with Crippen molar-refractivity contribution in [1.29, 1.82) is 0 Å². The molecule has 0 saturated carbocycles. The van der Waals surface area contributed by atoms with Crippen molar-refractivity contribution in [3.05, 3.63) is 29.8 Å². The molecule has 3 heteroatoms. The Morgan fingerprint density at radius 1 is 1.24 bits per heavy atom. The van der Waals surface area contributed by atoms with Crippen LogP contribution in [0.3, 0.4) is 0 Å². The van der Waals surface area contributed by atoms with Gasteiger partial charge in [0.2, 0.25) is 0 Å². The summed E-state index contributed by atoms with van der Waals surface area (Å²) in [6.07, 6.45) is 2.62. The molecule has 1 heterocycles. The number of piperidine rings is 1. The minimum atomic E-state index is 0.450. The number of rotatable bonds is 5. The number of ether oxygens (including phenoxy) is 1. The number of likely N-dealkylation sites (tertiary alicyclic amines) is 1. The fraction of sp³-hybridized carbons (Fsp3) is 0.667. The Hall–Kier alpha value is -1.06. The molecule has 0 spiro atoms. The van der Waals surface area contributed by atoms with Gasteiger partial charge in [-0.1, -0.05) is 32.9 Å². The molecule has 1 fully saturated rings. The topological polar surface area (TPSA) is 38.5 Å². The first kappa shape index (κ1) is 16.3. The van der Waals surface area contributed by atoms with E-state index in [0.717, 1.165) is 30.4 Å². The molecule has 0 aliphatic carbocycles. The summed E-state index contributed by atoms with van der Waals surface area (Å²) in [7, 11) is 0. The molecule has 1 aliphatic heterocycles. The van der Waals surface area contributed by atoms with Gasteiger partial charge in [-0.2, -0.15) is 0 Å². The summed E-state index contributed by atoms with van der Waals surface area (Å²) in [5.41, 5.74) is 7.22. The van der Waals surface area contributed by atoms with Gasteiger partial charge in [0.15, 0.2) is 0 Å². The van der Waals surface area contributed by atoms with E-state index in [0.29, 0.717) is 12.0 Å². The quantitative estimate of drug-likeness (QED) is 0.904. The third kappa shape index (κ3) is 5.01. The minimum absolute atomic E-state index is 0.450. The highest BCUT2D eigenvalue weighted by Gasteiger charge is 2.28. The molecule has 1 aromatic carbocycles. The van der Waals surface area contributed by atoms with Gasteiger partial charge in [0.25, 0.3) is 0 Å². The van der Waals surface area contributed by atoms with Gasteiger partial charge in [-0.25, -0.2) is 0 Å². The van der Waals surface area contributed by atoms with Crippen LogP contribution in [-0.2, 0) is 6.54 Å². The third-order valence-corrected chi connectivity index (χ3v) is 4.62. The second-order valence-electron chi connectivity index (χ2n) is 7.18. The van der Waals surface area contributed by atoms with Gasteiger partial charge in [-0.05, 0) is 55.0 Å². The van der Waals surface area contributed by atoms with E-state index in [2.05, 4.69) is 25.7 Å². The van der Waals surface area contributed by atoms with Gasteiger partial charge in [0.05, 0.1) is 0 Å². The highest BCUT2D eigenvalue weighted by Crippen LogP contribution is 2.34. The fourth-order valence-corrected chi connectivity index (χ4v) is 3.08. The lowest BCUT2D eigenvalue weighted by Gasteiger charge is -2.38. The van der Waals surface area contributed by atoms with Crippen LogP contribution in [0.1, 0.15) is 39.2 Å². The van der Waals surface area contributed by atoms with Crippen LogP contribution in [0.4, 0.5) is 0 Å². The van der Waals surface area contributed by atoms with Crippen LogP contribution in [0.15, 0.2) is 24.3 Å². The standard InChI is InChI=1S/C18H30N2O/c1-18(2,3)16-7-9-20(10-8-16)11-12-21-17-6-4-5-15(13-17)14-19/h4-6,13,16H,7-12,14,19H2,1-3H3. The summed E-state index contributed by atoms with van der Waals surface area (Å²) in [6, 6.07) is 8.08. The second kappa shape index (κ2) is 7.28. The predicted octanol–water partition coefficient (Wildman–Crippen LogP) is 3.28. The Bertz CT molecular complexity index is 431. The zero-order valence-electron chi connectivity index (χ0n) is 13.8. The molecule has 21 heavy (non-hydrogen) atoms. The van der Waals surface area contributed by atoms with E-state index in [-0.39, 0.29) is 0 Å². The summed E-state index contributed by atoms with van der Waals surface area (Å²) in [5.74, 6) is 1.79. The summed E-state index contributed by atoms with van der Waals surface area (Å²) < 4.78 is 5.85. The molecule has 0 amide bonds. The first-order chi connectivity index (χ1) is 9.99. The lowest BCUT2D eigenvalue weighted by atomic mass is 9.75. The van der Waals surface area contributed by atoms with Gasteiger partial charge in [-0.15, -0.1) is 0 Å². The maximum Gasteiger partial charge on any atom is 0.119 e. The summed E-state index contributed by atoms with van der Waals surface area (Å²) in [4.78, 5) is 2.52. The van der Waals surface area contributed by atoms with Crippen LogP contribution in [0, 0.1) is 11.3 Å². The highest BCUT2D eigenvalue weighted by atomic mass is 16.5. The average molecular weight is 290 g/mol. The molecule has 0 aromatic heterocycles. The minimum Gasteiger partial charge on any atom is -0.492 e. The average Bonchev–Trinajstić information content (AvgIpc) is 2.47. The van der Waals surface area contributed by atoms with E-state index in [1.807, 2.05) is 24.3 Å². The van der Waals surface area contributed by atoms with Crippen LogP contribution in [0.25, 0.3) is 0 Å². The van der Waals surface area contributed by atoms with Crippen molar-refractivity contribution in [2.75, 3.05) is 26.2 Å². The number of nitrogens with zero attached hydrogens (tertiary/aromatic N) is 1. The number of benzene rings is 1. The van der Waals surface area contributed by atoms with Crippen molar-refractivity contribution in [3.8, 4) is 5.75 Å². The van der Waals surface area contributed by atoms with Crippen LogP contribution in [0.5, 0.6) is 5.75 Å². The van der Waals surface area contributed by atoms with Crippen LogP contribution < -0.4 is 10.5 Å². The Labute approximate surface area is 129 Å². The number of hydrogen-bond donors (Lipinski definition) is 1. The Morgan fingerprint density at radius 2 is 1.95 bits per heavy atom. The second-order valence-corrected chi connectivity index (χ2v) is 7.18. The Balaban J connectivity index is 1.70. The van der Waals surface area contributed by atoms with E-state index in [9.17, 15) is 0 Å². The molecule has 3 nitrogen and oxygen atoms in total. The summed E-state index contributed by atoms with van der Waals surface area (Å²) in [6.45, 7) is 11.8. The molecule has 2 rings (SSSR count). The van der Waals surface area contributed by atoms with Gasteiger partial charge >= 0.3 is 0 Å². The molecule has 0 radical (unpaired) electrons. The van der Waals surface area contributed by atoms with E-state index in [1.165, 1.54) is 25.9 Å². The monoisotopic (exact) mass is 290 g/mol. The Kier molecular flexibility index (Phi) is 5.65. The predicted molar refractivity (Wildman–Crippen MR) is 88.4 cm³/mol. The van der Waals surface area contributed by atoms with Crippen molar-refractivity contribution in [2.24, 2.45) is 17.1 Å². The first-order valence-corrected chi connectivity index (χ1v) is 8.13. The number of nitrogens with two attached hydrogens (primary N) is 1. The summed E-state index contributed by atoms with van der Waals surface area (Å²) >= 11 is 0. The zero-order valence-corrected chi connectivity index (χ0v) is 13.8. The molecule has 1 aromatic rings. The van der Waals surface area contributed by atoms with E-state index >= 15 is 0 Å². The molecule has 118 valence electrons. The largest absolute Gasteiger partial charge is 0.492 e. The van der Waals surface area contributed by atoms with E-state index < -0.39 is 0 Å². The van der Waals surface area contributed by atoms with Crippen LogP contribution in [-0.4, -0.2) is 31.1 Å². The molecule has 2 N–H and O–H groups in total. The highest BCUT2D eigenvalue weighted by molar-refractivity contribution is 5.28. The maximum atomic E-state index is 5.85. The molecular formula is C18H30N2O. The SMILES string of the molecule is CC(C)(C)C1CCN(CCOc2cccc(CN)c2)CC1. The lowest BCUT2D eigenvalue weighted by molar-refractivity contribution is 0.101. The third-order valence-electron chi connectivity index (χ3n) is 4.62. The fourth-order valence-electron chi connectivity index (χ4n) is 3.08.